The summed E-state index contributed by atoms with van der Waals surface area (Å²) in [7, 11) is 0. The van der Waals surface area contributed by atoms with Crippen molar-refractivity contribution in [3.8, 4) is 10.6 Å². The molecule has 0 bridgehead atoms. The minimum absolute atomic E-state index is 0.0293. The molecule has 0 atom stereocenters. The maximum atomic E-state index is 12.1. The Balaban J connectivity index is 1.70. The molecule has 9 heteroatoms. The number of hydrogen-bond donors (Lipinski definition) is 0. The van der Waals surface area contributed by atoms with Gasteiger partial charge in [0.15, 0.2) is 0 Å². The second-order valence-electron chi connectivity index (χ2n) is 4.65. The van der Waals surface area contributed by atoms with E-state index in [1.807, 2.05) is 16.8 Å². The molecule has 0 aliphatic carbocycles. The van der Waals surface area contributed by atoms with Crippen LogP contribution in [-0.2, 0) is 11.3 Å². The van der Waals surface area contributed by atoms with Crippen molar-refractivity contribution in [1.82, 2.24) is 4.98 Å². The molecule has 0 spiro atoms. The fourth-order valence-electron chi connectivity index (χ4n) is 1.89. The SMILES string of the molecule is O=C(OCc1csc(-c2ccsc2)n1)c1cc([N+](=O)[O-])ccc1Cl. The van der Waals surface area contributed by atoms with Gasteiger partial charge in [0, 0.05) is 28.5 Å². The van der Waals surface area contributed by atoms with E-state index >= 15 is 0 Å². The van der Waals surface area contributed by atoms with Gasteiger partial charge in [0.25, 0.3) is 5.69 Å². The lowest BCUT2D eigenvalue weighted by Crippen LogP contribution is -2.07. The van der Waals surface area contributed by atoms with Crippen LogP contribution in [0.15, 0.2) is 40.4 Å². The number of benzene rings is 1. The quantitative estimate of drug-likeness (QED) is 0.361. The molecule has 0 amide bonds. The molecule has 3 rings (SSSR count). The Bertz CT molecular complexity index is 893. The van der Waals surface area contributed by atoms with E-state index in [1.54, 1.807) is 16.7 Å². The predicted molar refractivity (Wildman–Crippen MR) is 92.7 cm³/mol. The van der Waals surface area contributed by atoms with Crippen LogP contribution in [-0.4, -0.2) is 15.9 Å². The normalized spacial score (nSPS) is 10.5. The molecular formula is C15H9ClN2O4S2. The summed E-state index contributed by atoms with van der Waals surface area (Å²) in [6, 6.07) is 5.59. The average Bonchev–Trinajstić information content (AvgIpc) is 3.24. The van der Waals surface area contributed by atoms with Crippen molar-refractivity contribution in [2.75, 3.05) is 0 Å². The summed E-state index contributed by atoms with van der Waals surface area (Å²) in [5, 5.41) is 17.5. The van der Waals surface area contributed by atoms with Gasteiger partial charge in [0.05, 0.1) is 21.2 Å². The van der Waals surface area contributed by atoms with Crippen LogP contribution in [0, 0.1) is 10.1 Å². The van der Waals surface area contributed by atoms with Gasteiger partial charge in [-0.3, -0.25) is 10.1 Å². The number of nitro groups is 1. The lowest BCUT2D eigenvalue weighted by Gasteiger charge is -2.04. The summed E-state index contributed by atoms with van der Waals surface area (Å²) in [5.74, 6) is -0.728. The zero-order chi connectivity index (χ0) is 17.1. The summed E-state index contributed by atoms with van der Waals surface area (Å²) in [5.41, 5.74) is 1.36. The number of nitrogens with zero attached hydrogens (tertiary/aromatic N) is 2. The molecule has 0 saturated carbocycles. The zero-order valence-corrected chi connectivity index (χ0v) is 14.4. The Morgan fingerprint density at radius 2 is 2.17 bits per heavy atom. The predicted octanol–water partition coefficient (Wildman–Crippen LogP) is 4.79. The number of thiophene rings is 1. The highest BCUT2D eigenvalue weighted by atomic mass is 35.5. The number of thiazole rings is 1. The van der Waals surface area contributed by atoms with Crippen molar-refractivity contribution in [2.45, 2.75) is 6.61 Å². The molecule has 2 heterocycles. The first-order chi connectivity index (χ1) is 11.5. The Hall–Kier alpha value is -2.29. The maximum Gasteiger partial charge on any atom is 0.340 e. The van der Waals surface area contributed by atoms with Gasteiger partial charge in [-0.1, -0.05) is 11.6 Å². The third kappa shape index (κ3) is 3.61. The number of nitro benzene ring substituents is 1. The molecule has 2 aromatic heterocycles. The number of esters is 1. The molecule has 122 valence electrons. The van der Waals surface area contributed by atoms with E-state index in [2.05, 4.69) is 4.98 Å². The number of ether oxygens (including phenoxy) is 1. The summed E-state index contributed by atoms with van der Waals surface area (Å²) >= 11 is 8.94. The van der Waals surface area contributed by atoms with Gasteiger partial charge in [0.1, 0.15) is 11.6 Å². The second kappa shape index (κ2) is 7.08. The first-order valence-electron chi connectivity index (χ1n) is 6.62. The molecule has 0 unspecified atom stereocenters. The minimum atomic E-state index is -0.728. The van der Waals surface area contributed by atoms with Gasteiger partial charge < -0.3 is 4.74 Å². The van der Waals surface area contributed by atoms with Crippen molar-refractivity contribution in [3.05, 3.63) is 66.8 Å². The van der Waals surface area contributed by atoms with Crippen molar-refractivity contribution < 1.29 is 14.5 Å². The number of carbonyl (C=O) groups excluding carboxylic acids is 1. The lowest BCUT2D eigenvalue weighted by molar-refractivity contribution is -0.384. The molecule has 0 fully saturated rings. The van der Waals surface area contributed by atoms with E-state index in [1.165, 1.54) is 23.5 Å². The number of halogens is 1. The Morgan fingerprint density at radius 3 is 2.88 bits per heavy atom. The van der Waals surface area contributed by atoms with Gasteiger partial charge in [-0.2, -0.15) is 11.3 Å². The Labute approximate surface area is 149 Å². The van der Waals surface area contributed by atoms with Crippen LogP contribution in [0.25, 0.3) is 10.6 Å². The van der Waals surface area contributed by atoms with Gasteiger partial charge >= 0.3 is 5.97 Å². The van der Waals surface area contributed by atoms with E-state index in [4.69, 9.17) is 16.3 Å². The lowest BCUT2D eigenvalue weighted by atomic mass is 10.2. The molecule has 0 aliphatic rings. The molecule has 3 aromatic rings. The van der Waals surface area contributed by atoms with Crippen molar-refractivity contribution in [1.29, 1.82) is 0 Å². The number of hydrogen-bond acceptors (Lipinski definition) is 7. The van der Waals surface area contributed by atoms with Gasteiger partial charge in [-0.15, -0.1) is 11.3 Å². The van der Waals surface area contributed by atoms with Crippen LogP contribution < -0.4 is 0 Å². The largest absolute Gasteiger partial charge is 0.456 e. The number of rotatable bonds is 5. The van der Waals surface area contributed by atoms with Gasteiger partial charge in [0.2, 0.25) is 0 Å². The van der Waals surface area contributed by atoms with Crippen LogP contribution in [0.1, 0.15) is 16.1 Å². The summed E-state index contributed by atoms with van der Waals surface area (Å²) < 4.78 is 5.16. The van der Waals surface area contributed by atoms with Crippen LogP contribution in [0.2, 0.25) is 5.02 Å². The van der Waals surface area contributed by atoms with Crippen LogP contribution in [0.3, 0.4) is 0 Å². The van der Waals surface area contributed by atoms with E-state index in [0.717, 1.165) is 16.6 Å². The fourth-order valence-corrected chi connectivity index (χ4v) is 3.60. The molecule has 0 radical (unpaired) electrons. The van der Waals surface area contributed by atoms with Crippen LogP contribution in [0.5, 0.6) is 0 Å². The number of carbonyl (C=O) groups is 1. The smallest absolute Gasteiger partial charge is 0.340 e. The summed E-state index contributed by atoms with van der Waals surface area (Å²) in [4.78, 5) is 26.7. The Morgan fingerprint density at radius 1 is 1.33 bits per heavy atom. The van der Waals surface area contributed by atoms with Crippen molar-refractivity contribution in [3.63, 3.8) is 0 Å². The van der Waals surface area contributed by atoms with Crippen molar-refractivity contribution in [2.24, 2.45) is 0 Å². The first kappa shape index (κ1) is 16.6. The first-order valence-corrected chi connectivity index (χ1v) is 8.82. The highest BCUT2D eigenvalue weighted by molar-refractivity contribution is 7.14. The zero-order valence-electron chi connectivity index (χ0n) is 12.0. The van der Waals surface area contributed by atoms with E-state index in [-0.39, 0.29) is 22.9 Å². The van der Waals surface area contributed by atoms with E-state index in [9.17, 15) is 14.9 Å². The topological polar surface area (TPSA) is 82.3 Å². The summed E-state index contributed by atoms with van der Waals surface area (Å²) in [6.07, 6.45) is 0. The standard InChI is InChI=1S/C15H9ClN2O4S2/c16-13-2-1-11(18(20)21)5-12(13)15(19)22-6-10-8-24-14(17-10)9-3-4-23-7-9/h1-5,7-8H,6H2. The molecule has 0 saturated heterocycles. The third-order valence-corrected chi connectivity index (χ3v) is 5.00. The van der Waals surface area contributed by atoms with E-state index < -0.39 is 10.9 Å². The highest BCUT2D eigenvalue weighted by Crippen LogP contribution is 2.27. The monoisotopic (exact) mass is 380 g/mol. The molecule has 24 heavy (non-hydrogen) atoms. The summed E-state index contributed by atoms with van der Waals surface area (Å²) in [6.45, 7) is -0.0293. The van der Waals surface area contributed by atoms with Gasteiger partial charge in [-0.05, 0) is 17.5 Å². The number of non-ortho nitro benzene ring substituents is 1. The highest BCUT2D eigenvalue weighted by Gasteiger charge is 2.17. The van der Waals surface area contributed by atoms with Crippen molar-refractivity contribution >= 4 is 45.9 Å². The number of aromatic nitrogens is 1. The Kier molecular flexibility index (Phi) is 4.89. The van der Waals surface area contributed by atoms with Gasteiger partial charge in [-0.25, -0.2) is 9.78 Å². The third-order valence-electron chi connectivity index (χ3n) is 3.05. The van der Waals surface area contributed by atoms with Crippen LogP contribution >= 0.6 is 34.3 Å². The molecule has 0 N–H and O–H groups in total. The second-order valence-corrected chi connectivity index (χ2v) is 6.70. The minimum Gasteiger partial charge on any atom is -0.456 e. The average molecular weight is 381 g/mol. The van der Waals surface area contributed by atoms with Crippen LogP contribution in [0.4, 0.5) is 5.69 Å². The fraction of sp³-hybridized carbons (Fsp3) is 0.0667. The molecular weight excluding hydrogens is 372 g/mol. The molecule has 1 aromatic carbocycles. The molecule has 6 nitrogen and oxygen atoms in total. The van der Waals surface area contributed by atoms with E-state index in [0.29, 0.717) is 5.69 Å². The maximum absolute atomic E-state index is 12.1. The molecule has 0 aliphatic heterocycles.